The van der Waals surface area contributed by atoms with Crippen LogP contribution < -0.4 is 0 Å². The molecule has 0 spiro atoms. The van der Waals surface area contributed by atoms with Crippen LogP contribution >= 0.6 is 0 Å². The first-order valence-corrected chi connectivity index (χ1v) is 6.45. The zero-order valence-electron chi connectivity index (χ0n) is 11.3. The number of esters is 1. The number of likely N-dealkylation sites (tertiary alicyclic amines) is 1. The summed E-state index contributed by atoms with van der Waals surface area (Å²) in [6.45, 7) is 4.29. The van der Waals surface area contributed by atoms with Gasteiger partial charge in [-0.25, -0.2) is 9.59 Å². The molecule has 7 nitrogen and oxygen atoms in total. The Labute approximate surface area is 112 Å². The Morgan fingerprint density at radius 3 is 2.58 bits per heavy atom. The number of ether oxygens (including phenoxy) is 1. The number of carbonyl (C=O) groups is 3. The highest BCUT2D eigenvalue weighted by molar-refractivity contribution is 5.85. The van der Waals surface area contributed by atoms with E-state index in [4.69, 9.17) is 9.84 Å². The van der Waals surface area contributed by atoms with Crippen molar-refractivity contribution in [2.24, 2.45) is 0 Å². The highest BCUT2D eigenvalue weighted by Gasteiger charge is 2.36. The number of hydrogen-bond donors (Lipinski definition) is 1. The monoisotopic (exact) mass is 272 g/mol. The summed E-state index contributed by atoms with van der Waals surface area (Å²) in [6, 6.07) is -1.20. The van der Waals surface area contributed by atoms with Crippen LogP contribution in [0.1, 0.15) is 26.7 Å². The maximum atomic E-state index is 12.2. The van der Waals surface area contributed by atoms with E-state index in [1.54, 1.807) is 13.8 Å². The molecule has 1 atom stereocenters. The van der Waals surface area contributed by atoms with Crippen LogP contribution in [-0.4, -0.2) is 65.2 Å². The van der Waals surface area contributed by atoms with Gasteiger partial charge >= 0.3 is 18.0 Å². The number of carboxylic acid groups (broad SMARTS) is 1. The first-order chi connectivity index (χ1) is 9.01. The second-order valence-electron chi connectivity index (χ2n) is 4.29. The molecular formula is C12H20N2O5. The summed E-state index contributed by atoms with van der Waals surface area (Å²) in [7, 11) is 0. The van der Waals surface area contributed by atoms with Gasteiger partial charge in [0.05, 0.1) is 6.61 Å². The molecule has 0 bridgehead atoms. The van der Waals surface area contributed by atoms with Crippen LogP contribution in [0.3, 0.4) is 0 Å². The Bertz CT molecular complexity index is 358. The van der Waals surface area contributed by atoms with Crippen molar-refractivity contribution >= 4 is 18.0 Å². The van der Waals surface area contributed by atoms with Crippen LogP contribution in [0.25, 0.3) is 0 Å². The van der Waals surface area contributed by atoms with Gasteiger partial charge in [0.2, 0.25) is 0 Å². The Hall–Kier alpha value is -1.79. The number of carboxylic acids is 1. The number of hydrogen-bond acceptors (Lipinski definition) is 4. The average molecular weight is 272 g/mol. The van der Waals surface area contributed by atoms with Gasteiger partial charge in [0.15, 0.2) is 0 Å². The Morgan fingerprint density at radius 1 is 1.37 bits per heavy atom. The molecule has 19 heavy (non-hydrogen) atoms. The highest BCUT2D eigenvalue weighted by atomic mass is 16.5. The van der Waals surface area contributed by atoms with Gasteiger partial charge < -0.3 is 19.6 Å². The number of rotatable bonds is 5. The van der Waals surface area contributed by atoms with Crippen LogP contribution in [0, 0.1) is 0 Å². The molecule has 1 rings (SSSR count). The molecule has 0 unspecified atom stereocenters. The third kappa shape index (κ3) is 3.84. The molecule has 0 aromatic rings. The lowest BCUT2D eigenvalue weighted by Crippen LogP contribution is -2.49. The van der Waals surface area contributed by atoms with Crippen LogP contribution in [-0.2, 0) is 14.3 Å². The largest absolute Gasteiger partial charge is 0.480 e. The van der Waals surface area contributed by atoms with Crippen LogP contribution in [0.15, 0.2) is 0 Å². The third-order valence-corrected chi connectivity index (χ3v) is 3.06. The summed E-state index contributed by atoms with van der Waals surface area (Å²) < 4.78 is 4.79. The maximum Gasteiger partial charge on any atom is 0.326 e. The van der Waals surface area contributed by atoms with Crippen molar-refractivity contribution in [3.63, 3.8) is 0 Å². The van der Waals surface area contributed by atoms with Gasteiger partial charge in [-0.3, -0.25) is 4.79 Å². The first kappa shape index (κ1) is 15.3. The lowest BCUT2D eigenvalue weighted by atomic mass is 10.2. The lowest BCUT2D eigenvalue weighted by molar-refractivity contribution is -0.143. The first-order valence-electron chi connectivity index (χ1n) is 6.45. The lowest BCUT2D eigenvalue weighted by Gasteiger charge is -2.28. The third-order valence-electron chi connectivity index (χ3n) is 3.06. The van der Waals surface area contributed by atoms with Crippen molar-refractivity contribution in [3.8, 4) is 0 Å². The molecule has 0 saturated carbocycles. The van der Waals surface area contributed by atoms with E-state index in [2.05, 4.69) is 0 Å². The summed E-state index contributed by atoms with van der Waals surface area (Å²) in [6.07, 6.45) is 1.12. The van der Waals surface area contributed by atoms with Crippen molar-refractivity contribution < 1.29 is 24.2 Å². The molecule has 1 N–H and O–H groups in total. The molecule has 1 aliphatic rings. The molecule has 1 fully saturated rings. The van der Waals surface area contributed by atoms with E-state index >= 15 is 0 Å². The minimum atomic E-state index is -1.00. The van der Waals surface area contributed by atoms with Crippen LogP contribution in [0.4, 0.5) is 4.79 Å². The van der Waals surface area contributed by atoms with E-state index in [0.29, 0.717) is 25.9 Å². The fraction of sp³-hybridized carbons (Fsp3) is 0.750. The van der Waals surface area contributed by atoms with E-state index in [-0.39, 0.29) is 13.2 Å². The van der Waals surface area contributed by atoms with Crippen molar-refractivity contribution in [2.75, 3.05) is 26.2 Å². The molecule has 0 aromatic carbocycles. The van der Waals surface area contributed by atoms with E-state index in [1.165, 1.54) is 9.80 Å². The Balaban J connectivity index is 2.67. The fourth-order valence-corrected chi connectivity index (χ4v) is 2.11. The normalized spacial score (nSPS) is 18.2. The summed E-state index contributed by atoms with van der Waals surface area (Å²) in [5.74, 6) is -1.48. The molecule has 108 valence electrons. The molecule has 0 radical (unpaired) electrons. The minimum absolute atomic E-state index is 0.147. The molecule has 1 heterocycles. The number of amides is 2. The average Bonchev–Trinajstić information content (AvgIpc) is 2.84. The number of nitrogens with zero attached hydrogens (tertiary/aromatic N) is 2. The van der Waals surface area contributed by atoms with Crippen molar-refractivity contribution in [1.82, 2.24) is 9.80 Å². The highest BCUT2D eigenvalue weighted by Crippen LogP contribution is 2.19. The Morgan fingerprint density at radius 2 is 2.05 bits per heavy atom. The minimum Gasteiger partial charge on any atom is -0.480 e. The maximum absolute atomic E-state index is 12.2. The van der Waals surface area contributed by atoms with Gasteiger partial charge in [0, 0.05) is 13.1 Å². The van der Waals surface area contributed by atoms with E-state index in [9.17, 15) is 14.4 Å². The van der Waals surface area contributed by atoms with Crippen molar-refractivity contribution in [1.29, 1.82) is 0 Å². The van der Waals surface area contributed by atoms with Crippen molar-refractivity contribution in [3.05, 3.63) is 0 Å². The predicted octanol–water partition coefficient (Wildman–Crippen LogP) is 0.540. The second-order valence-corrected chi connectivity index (χ2v) is 4.29. The number of carbonyl (C=O) groups excluding carboxylic acids is 2. The molecule has 0 aromatic heterocycles. The standard InChI is InChI=1S/C12H20N2O5/c1-3-13(8-10(15)19-4-2)12(18)14-7-5-6-9(14)11(16)17/h9H,3-8H2,1-2H3,(H,16,17)/t9-/m0/s1. The van der Waals surface area contributed by atoms with Gasteiger partial charge in [-0.1, -0.05) is 0 Å². The predicted molar refractivity (Wildman–Crippen MR) is 66.6 cm³/mol. The number of aliphatic carboxylic acids is 1. The summed E-state index contributed by atoms with van der Waals surface area (Å²) in [5, 5.41) is 9.05. The van der Waals surface area contributed by atoms with Crippen LogP contribution in [0.2, 0.25) is 0 Å². The van der Waals surface area contributed by atoms with Gasteiger partial charge in [-0.05, 0) is 26.7 Å². The zero-order chi connectivity index (χ0) is 14.4. The Kier molecular flexibility index (Phi) is 5.59. The molecular weight excluding hydrogens is 252 g/mol. The summed E-state index contributed by atoms with van der Waals surface area (Å²) >= 11 is 0. The molecule has 2 amide bonds. The zero-order valence-corrected chi connectivity index (χ0v) is 11.3. The summed E-state index contributed by atoms with van der Waals surface area (Å²) in [4.78, 5) is 37.3. The van der Waals surface area contributed by atoms with Gasteiger partial charge in [0.25, 0.3) is 0 Å². The quantitative estimate of drug-likeness (QED) is 0.738. The fourth-order valence-electron chi connectivity index (χ4n) is 2.11. The molecule has 7 heteroatoms. The number of urea groups is 1. The molecule has 1 saturated heterocycles. The van der Waals surface area contributed by atoms with Crippen LogP contribution in [0.5, 0.6) is 0 Å². The summed E-state index contributed by atoms with van der Waals surface area (Å²) in [5.41, 5.74) is 0. The van der Waals surface area contributed by atoms with Gasteiger partial charge in [-0.15, -0.1) is 0 Å². The SMILES string of the molecule is CCOC(=O)CN(CC)C(=O)N1CCC[C@H]1C(=O)O. The van der Waals surface area contributed by atoms with E-state index in [1.807, 2.05) is 0 Å². The van der Waals surface area contributed by atoms with E-state index in [0.717, 1.165) is 0 Å². The van der Waals surface area contributed by atoms with E-state index < -0.39 is 24.0 Å². The topological polar surface area (TPSA) is 87.2 Å². The van der Waals surface area contributed by atoms with Gasteiger partial charge in [-0.2, -0.15) is 0 Å². The smallest absolute Gasteiger partial charge is 0.326 e. The number of likely N-dealkylation sites (N-methyl/N-ethyl adjacent to an activating group) is 1. The van der Waals surface area contributed by atoms with Crippen molar-refractivity contribution in [2.45, 2.75) is 32.7 Å². The second kappa shape index (κ2) is 6.96. The van der Waals surface area contributed by atoms with Gasteiger partial charge in [0.1, 0.15) is 12.6 Å². The molecule has 0 aliphatic carbocycles. The molecule has 1 aliphatic heterocycles.